The number of rotatable bonds is 2. The number of carbonyl (C=O) groups is 2. The standard InChI is InChI=1S/C20H17FN2O4/c1-27-20(26)17-3-2-8-23(17)19(25)11-4-6-14-13-7-5-12(21)10-15(13)18(24)22-16(14)9-11/h4-7,9-10,17H,2-3,8H2,1H3,(H,22,24)/t17-/m0/s1. The van der Waals surface area contributed by atoms with Gasteiger partial charge in [-0.25, -0.2) is 9.18 Å². The summed E-state index contributed by atoms with van der Waals surface area (Å²) in [6, 6.07) is 8.42. The van der Waals surface area contributed by atoms with Crippen molar-refractivity contribution in [2.75, 3.05) is 13.7 Å². The van der Waals surface area contributed by atoms with Gasteiger partial charge >= 0.3 is 5.97 Å². The van der Waals surface area contributed by atoms with Gasteiger partial charge < -0.3 is 14.6 Å². The van der Waals surface area contributed by atoms with Crippen LogP contribution in [-0.4, -0.2) is 41.5 Å². The van der Waals surface area contributed by atoms with Crippen molar-refractivity contribution >= 4 is 33.6 Å². The molecule has 0 bridgehead atoms. The number of H-pyrrole nitrogens is 1. The van der Waals surface area contributed by atoms with Gasteiger partial charge in [0.05, 0.1) is 12.5 Å². The number of amides is 1. The number of aromatic nitrogens is 1. The second-order valence-electron chi connectivity index (χ2n) is 6.58. The van der Waals surface area contributed by atoms with Crippen molar-refractivity contribution < 1.29 is 18.7 Å². The molecule has 2 aromatic carbocycles. The highest BCUT2D eigenvalue weighted by Crippen LogP contribution is 2.25. The molecule has 27 heavy (non-hydrogen) atoms. The molecule has 1 saturated heterocycles. The van der Waals surface area contributed by atoms with Gasteiger partial charge in [0.15, 0.2) is 0 Å². The zero-order chi connectivity index (χ0) is 19.1. The fourth-order valence-electron chi connectivity index (χ4n) is 3.70. The maximum Gasteiger partial charge on any atom is 0.328 e. The Balaban J connectivity index is 1.79. The van der Waals surface area contributed by atoms with E-state index >= 15 is 0 Å². The van der Waals surface area contributed by atoms with Crippen LogP contribution in [-0.2, 0) is 9.53 Å². The van der Waals surface area contributed by atoms with Gasteiger partial charge in [0.1, 0.15) is 11.9 Å². The summed E-state index contributed by atoms with van der Waals surface area (Å²) in [6.45, 7) is 0.476. The number of carbonyl (C=O) groups excluding carboxylic acids is 2. The van der Waals surface area contributed by atoms with Gasteiger partial charge in [-0.05, 0) is 42.5 Å². The van der Waals surface area contributed by atoms with Crippen LogP contribution < -0.4 is 5.56 Å². The molecule has 1 amide bonds. The minimum Gasteiger partial charge on any atom is -0.467 e. The molecule has 0 unspecified atom stereocenters. The van der Waals surface area contributed by atoms with Gasteiger partial charge in [-0.2, -0.15) is 0 Å². The normalized spacial score (nSPS) is 16.8. The number of hydrogen-bond donors (Lipinski definition) is 1. The predicted molar refractivity (Wildman–Crippen MR) is 98.1 cm³/mol. The van der Waals surface area contributed by atoms with Gasteiger partial charge in [-0.15, -0.1) is 0 Å². The van der Waals surface area contributed by atoms with Crippen LogP contribution >= 0.6 is 0 Å². The van der Waals surface area contributed by atoms with Gasteiger partial charge in [0, 0.05) is 23.0 Å². The molecule has 0 saturated carbocycles. The monoisotopic (exact) mass is 368 g/mol. The first-order valence-electron chi connectivity index (χ1n) is 8.63. The van der Waals surface area contributed by atoms with E-state index in [2.05, 4.69) is 4.98 Å². The van der Waals surface area contributed by atoms with Gasteiger partial charge in [0.2, 0.25) is 0 Å². The van der Waals surface area contributed by atoms with E-state index in [1.165, 1.54) is 24.1 Å². The number of nitrogens with zero attached hydrogens (tertiary/aromatic N) is 1. The largest absolute Gasteiger partial charge is 0.467 e. The fraction of sp³-hybridized carbons (Fsp3) is 0.250. The SMILES string of the molecule is COC(=O)[C@@H]1CCCN1C(=O)c1ccc2c(c1)[nH]c(=O)c1cc(F)ccc12. The van der Waals surface area contributed by atoms with E-state index in [1.54, 1.807) is 24.3 Å². The van der Waals surface area contributed by atoms with Crippen molar-refractivity contribution in [2.45, 2.75) is 18.9 Å². The number of likely N-dealkylation sites (tertiary alicyclic amines) is 1. The third-order valence-corrected chi connectivity index (χ3v) is 5.02. The van der Waals surface area contributed by atoms with Crippen LogP contribution in [0.15, 0.2) is 41.2 Å². The Morgan fingerprint density at radius 3 is 2.70 bits per heavy atom. The van der Waals surface area contributed by atoms with Crippen LogP contribution in [0.25, 0.3) is 21.7 Å². The molecular weight excluding hydrogens is 351 g/mol. The Morgan fingerprint density at radius 1 is 1.15 bits per heavy atom. The van der Waals surface area contributed by atoms with Crippen LogP contribution in [0.1, 0.15) is 23.2 Å². The molecule has 2 heterocycles. The Morgan fingerprint density at radius 2 is 1.93 bits per heavy atom. The average molecular weight is 368 g/mol. The van der Waals surface area contributed by atoms with Crippen molar-refractivity contribution in [1.29, 1.82) is 0 Å². The number of pyridine rings is 1. The number of esters is 1. The van der Waals surface area contributed by atoms with E-state index in [0.29, 0.717) is 34.8 Å². The summed E-state index contributed by atoms with van der Waals surface area (Å²) in [5.41, 5.74) is 0.435. The summed E-state index contributed by atoms with van der Waals surface area (Å²) in [5.74, 6) is -1.20. The summed E-state index contributed by atoms with van der Waals surface area (Å²) < 4.78 is 18.2. The van der Waals surface area contributed by atoms with Crippen molar-refractivity contribution in [2.24, 2.45) is 0 Å². The Labute approximate surface area is 153 Å². The van der Waals surface area contributed by atoms with Gasteiger partial charge in [-0.1, -0.05) is 12.1 Å². The van der Waals surface area contributed by atoms with Crippen LogP contribution in [0.5, 0.6) is 0 Å². The van der Waals surface area contributed by atoms with E-state index in [4.69, 9.17) is 4.74 Å². The summed E-state index contributed by atoms with van der Waals surface area (Å²) in [7, 11) is 1.30. The van der Waals surface area contributed by atoms with Crippen molar-refractivity contribution in [3.05, 3.63) is 58.1 Å². The summed E-state index contributed by atoms with van der Waals surface area (Å²) in [5, 5.41) is 1.58. The smallest absolute Gasteiger partial charge is 0.328 e. The highest BCUT2D eigenvalue weighted by molar-refractivity contribution is 6.08. The number of aromatic amines is 1. The van der Waals surface area contributed by atoms with E-state index in [-0.39, 0.29) is 11.3 Å². The zero-order valence-corrected chi connectivity index (χ0v) is 14.6. The van der Waals surface area contributed by atoms with E-state index in [1.807, 2.05) is 0 Å². The minimum atomic E-state index is -0.586. The second-order valence-corrected chi connectivity index (χ2v) is 6.58. The third-order valence-electron chi connectivity index (χ3n) is 5.02. The molecule has 1 aromatic heterocycles. The first-order chi connectivity index (χ1) is 13.0. The molecule has 1 N–H and O–H groups in total. The second kappa shape index (κ2) is 6.50. The predicted octanol–water partition coefficient (Wildman–Crippen LogP) is 2.60. The van der Waals surface area contributed by atoms with E-state index in [9.17, 15) is 18.8 Å². The quantitative estimate of drug-likeness (QED) is 0.557. The number of benzene rings is 2. The van der Waals surface area contributed by atoms with Crippen LogP contribution in [0.4, 0.5) is 4.39 Å². The fourth-order valence-corrected chi connectivity index (χ4v) is 3.70. The number of ether oxygens (including phenoxy) is 1. The van der Waals surface area contributed by atoms with Crippen molar-refractivity contribution in [3.8, 4) is 0 Å². The summed E-state index contributed by atoms with van der Waals surface area (Å²) in [6.07, 6.45) is 1.30. The highest BCUT2D eigenvalue weighted by Gasteiger charge is 2.35. The lowest BCUT2D eigenvalue weighted by Crippen LogP contribution is -2.41. The van der Waals surface area contributed by atoms with Crippen LogP contribution in [0.2, 0.25) is 0 Å². The Bertz CT molecular complexity index is 1140. The van der Waals surface area contributed by atoms with Crippen molar-refractivity contribution in [1.82, 2.24) is 9.88 Å². The lowest BCUT2D eigenvalue weighted by molar-refractivity contribution is -0.145. The lowest BCUT2D eigenvalue weighted by Gasteiger charge is -2.22. The molecule has 1 atom stereocenters. The zero-order valence-electron chi connectivity index (χ0n) is 14.6. The average Bonchev–Trinajstić information content (AvgIpc) is 3.16. The highest BCUT2D eigenvalue weighted by atomic mass is 19.1. The Hall–Kier alpha value is -3.22. The molecule has 1 fully saturated rings. The van der Waals surface area contributed by atoms with E-state index < -0.39 is 23.4 Å². The molecule has 3 aromatic rings. The topological polar surface area (TPSA) is 79.5 Å². The molecule has 0 spiro atoms. The Kier molecular flexibility index (Phi) is 4.14. The minimum absolute atomic E-state index is 0.256. The number of methoxy groups -OCH3 is 1. The first-order valence-corrected chi connectivity index (χ1v) is 8.63. The maximum absolute atomic E-state index is 13.4. The van der Waals surface area contributed by atoms with Gasteiger partial charge in [-0.3, -0.25) is 9.59 Å². The molecular formula is C20H17FN2O4. The molecule has 138 valence electrons. The number of hydrogen-bond acceptors (Lipinski definition) is 4. The molecule has 6 nitrogen and oxygen atoms in total. The third kappa shape index (κ3) is 2.85. The van der Waals surface area contributed by atoms with Gasteiger partial charge in [0.25, 0.3) is 11.5 Å². The maximum atomic E-state index is 13.4. The lowest BCUT2D eigenvalue weighted by atomic mass is 10.0. The molecule has 0 aliphatic carbocycles. The molecule has 4 rings (SSSR count). The molecule has 7 heteroatoms. The number of fused-ring (bicyclic) bond motifs is 3. The van der Waals surface area contributed by atoms with Crippen LogP contribution in [0.3, 0.4) is 0 Å². The van der Waals surface area contributed by atoms with E-state index in [0.717, 1.165) is 6.42 Å². The van der Waals surface area contributed by atoms with Crippen LogP contribution in [0, 0.1) is 5.82 Å². The number of halogens is 1. The first kappa shape index (κ1) is 17.2. The summed E-state index contributed by atoms with van der Waals surface area (Å²) in [4.78, 5) is 41.3. The molecule has 1 aliphatic heterocycles. The van der Waals surface area contributed by atoms with Crippen molar-refractivity contribution in [3.63, 3.8) is 0 Å². The molecule has 1 aliphatic rings. The number of nitrogens with one attached hydrogen (secondary N) is 1. The molecule has 0 radical (unpaired) electrons. The summed E-state index contributed by atoms with van der Waals surface area (Å²) >= 11 is 0.